The van der Waals surface area contributed by atoms with Gasteiger partial charge in [-0.1, -0.05) is 13.8 Å². The van der Waals surface area contributed by atoms with Gasteiger partial charge in [0.15, 0.2) is 0 Å². The van der Waals surface area contributed by atoms with Gasteiger partial charge in [0.25, 0.3) is 0 Å². The predicted molar refractivity (Wildman–Crippen MR) is 105 cm³/mol. The highest BCUT2D eigenvalue weighted by Crippen LogP contribution is 2.36. The van der Waals surface area contributed by atoms with Crippen molar-refractivity contribution >= 4 is 11.8 Å². The van der Waals surface area contributed by atoms with Crippen molar-refractivity contribution in [2.24, 2.45) is 5.41 Å². The molecule has 0 saturated heterocycles. The summed E-state index contributed by atoms with van der Waals surface area (Å²) in [6.45, 7) is 7.48. The zero-order chi connectivity index (χ0) is 19.4. The summed E-state index contributed by atoms with van der Waals surface area (Å²) in [5.41, 5.74) is 1.39. The van der Waals surface area contributed by atoms with Gasteiger partial charge in [-0.05, 0) is 37.2 Å². The third-order valence-electron chi connectivity index (χ3n) is 5.10. The number of rotatable bonds is 6. The fourth-order valence-corrected chi connectivity index (χ4v) is 3.47. The normalized spacial score (nSPS) is 21.4. The van der Waals surface area contributed by atoms with Crippen molar-refractivity contribution in [3.63, 3.8) is 0 Å². The fraction of sp³-hybridized carbons (Fsp3) is 0.579. The van der Waals surface area contributed by atoms with Crippen LogP contribution in [0.3, 0.4) is 0 Å². The van der Waals surface area contributed by atoms with Crippen LogP contribution in [0, 0.1) is 23.7 Å². The van der Waals surface area contributed by atoms with Gasteiger partial charge in [0.05, 0.1) is 25.0 Å². The Kier molecular flexibility index (Phi) is 5.61. The molecular weight excluding hydrogens is 342 g/mol. The number of hydrogen-bond acceptors (Lipinski definition) is 7. The smallest absolute Gasteiger partial charge is 0.224 e. The van der Waals surface area contributed by atoms with Crippen molar-refractivity contribution in [3.05, 3.63) is 29.7 Å². The van der Waals surface area contributed by atoms with E-state index in [9.17, 15) is 10.4 Å². The molecule has 1 saturated carbocycles. The van der Waals surface area contributed by atoms with E-state index < -0.39 is 0 Å². The zero-order valence-corrected chi connectivity index (χ0v) is 16.1. The largest absolute Gasteiger partial charge is 0.393 e. The predicted octanol–water partition coefficient (Wildman–Crippen LogP) is 2.56. The van der Waals surface area contributed by atoms with Crippen LogP contribution in [0.25, 0.3) is 0 Å². The number of anilines is 2. The van der Waals surface area contributed by atoms with Crippen LogP contribution in [0.5, 0.6) is 0 Å². The molecule has 1 aliphatic carbocycles. The van der Waals surface area contributed by atoms with Crippen LogP contribution in [0.2, 0.25) is 0 Å². The molecule has 27 heavy (non-hydrogen) atoms. The molecule has 146 valence electrons. The minimum atomic E-state index is -0.292. The third kappa shape index (κ3) is 4.74. The molecule has 2 atom stereocenters. The molecule has 0 unspecified atom stereocenters. The second-order valence-corrected chi connectivity index (χ2v) is 7.90. The lowest BCUT2D eigenvalue weighted by molar-refractivity contribution is 0.00926. The van der Waals surface area contributed by atoms with Crippen LogP contribution in [-0.2, 0) is 6.54 Å². The summed E-state index contributed by atoms with van der Waals surface area (Å²) in [5, 5.41) is 30.3. The van der Waals surface area contributed by atoms with Crippen LogP contribution in [0.4, 0.5) is 11.8 Å². The number of aryl methyl sites for hydroxylation is 1. The molecule has 0 bridgehead atoms. The molecule has 2 aromatic heterocycles. The van der Waals surface area contributed by atoms with Crippen LogP contribution < -0.4 is 10.6 Å². The van der Waals surface area contributed by atoms with E-state index in [1.165, 1.54) is 0 Å². The van der Waals surface area contributed by atoms with E-state index in [-0.39, 0.29) is 19.0 Å². The number of nitrogens with one attached hydrogen (secondary N) is 2. The van der Waals surface area contributed by atoms with Gasteiger partial charge < -0.3 is 15.7 Å². The molecule has 2 heterocycles. The number of aromatic nitrogens is 4. The maximum absolute atomic E-state index is 10.1. The molecule has 0 spiro atoms. The van der Waals surface area contributed by atoms with E-state index >= 15 is 0 Å². The maximum Gasteiger partial charge on any atom is 0.224 e. The summed E-state index contributed by atoms with van der Waals surface area (Å²) in [6, 6.07) is 2.32. The van der Waals surface area contributed by atoms with Gasteiger partial charge in [0.2, 0.25) is 5.95 Å². The number of nitrogens with zero attached hydrogens (tertiary/aromatic N) is 5. The second kappa shape index (κ2) is 7.92. The molecule has 3 rings (SSSR count). The first-order valence-corrected chi connectivity index (χ1v) is 9.32. The van der Waals surface area contributed by atoms with Gasteiger partial charge in [0, 0.05) is 20.2 Å². The SMILES string of the molecule is Cc1cnn(CCNc2ncc(C#N)c(N[C@@H]3CC[C@H](O)C(C)(C)C3)n2)c1.[HH]. The first-order valence-electron chi connectivity index (χ1n) is 9.32. The molecule has 8 nitrogen and oxygen atoms in total. The Labute approximate surface area is 161 Å². The second-order valence-electron chi connectivity index (χ2n) is 7.90. The summed E-state index contributed by atoms with van der Waals surface area (Å²) >= 11 is 0. The molecule has 0 aromatic carbocycles. The van der Waals surface area contributed by atoms with Crippen molar-refractivity contribution in [2.75, 3.05) is 17.2 Å². The molecule has 3 N–H and O–H groups in total. The van der Waals surface area contributed by atoms with Crippen molar-refractivity contribution in [3.8, 4) is 6.07 Å². The zero-order valence-electron chi connectivity index (χ0n) is 16.1. The van der Waals surface area contributed by atoms with Gasteiger partial charge in [-0.3, -0.25) is 4.68 Å². The van der Waals surface area contributed by atoms with E-state index in [2.05, 4.69) is 45.6 Å². The van der Waals surface area contributed by atoms with E-state index in [0.717, 1.165) is 24.8 Å². The van der Waals surface area contributed by atoms with E-state index in [1.54, 1.807) is 6.20 Å². The number of aliphatic hydroxyl groups is 1. The third-order valence-corrected chi connectivity index (χ3v) is 5.10. The standard InChI is InChI=1S/C19H27N7O.H2/c1-13-10-23-26(12-13)7-6-21-18-22-11-14(9-20)17(25-18)24-15-4-5-16(27)19(2,3)8-15;/h10-12,15-16,27H,4-8H2,1-3H3,(H2,21,22,24,25);1H/t15-,16+;/m1./s1. The van der Waals surface area contributed by atoms with Crippen LogP contribution >= 0.6 is 0 Å². The lowest BCUT2D eigenvalue weighted by atomic mass is 9.73. The van der Waals surface area contributed by atoms with Crippen molar-refractivity contribution in [2.45, 2.75) is 58.7 Å². The highest BCUT2D eigenvalue weighted by Gasteiger charge is 2.35. The minimum absolute atomic E-state index is 0. The lowest BCUT2D eigenvalue weighted by Crippen LogP contribution is -2.41. The van der Waals surface area contributed by atoms with Gasteiger partial charge in [0.1, 0.15) is 17.5 Å². The maximum atomic E-state index is 10.1. The quantitative estimate of drug-likeness (QED) is 0.715. The number of hydrogen-bond donors (Lipinski definition) is 3. The Morgan fingerprint density at radius 3 is 2.89 bits per heavy atom. The molecule has 1 fully saturated rings. The molecule has 0 amide bonds. The van der Waals surface area contributed by atoms with E-state index in [4.69, 9.17) is 0 Å². The van der Waals surface area contributed by atoms with Crippen LogP contribution in [-0.4, -0.2) is 43.5 Å². The van der Waals surface area contributed by atoms with Gasteiger partial charge in [-0.25, -0.2) is 4.98 Å². The minimum Gasteiger partial charge on any atom is -0.393 e. The topological polar surface area (TPSA) is 112 Å². The highest BCUT2D eigenvalue weighted by atomic mass is 16.3. The fourth-order valence-electron chi connectivity index (χ4n) is 3.47. The Hall–Kier alpha value is -2.66. The van der Waals surface area contributed by atoms with Gasteiger partial charge in [-0.15, -0.1) is 0 Å². The van der Waals surface area contributed by atoms with Crippen molar-refractivity contribution in [1.82, 2.24) is 19.7 Å². The summed E-state index contributed by atoms with van der Waals surface area (Å²) in [7, 11) is 0. The van der Waals surface area contributed by atoms with Crippen LogP contribution in [0.15, 0.2) is 18.6 Å². The van der Waals surface area contributed by atoms with Crippen molar-refractivity contribution in [1.29, 1.82) is 5.26 Å². The summed E-state index contributed by atoms with van der Waals surface area (Å²) in [4.78, 5) is 8.72. The van der Waals surface area contributed by atoms with E-state index in [0.29, 0.717) is 30.4 Å². The number of aliphatic hydroxyl groups excluding tert-OH is 1. The molecular formula is C19H29N7O. The molecule has 0 aliphatic heterocycles. The number of nitriles is 1. The Morgan fingerprint density at radius 2 is 2.22 bits per heavy atom. The Morgan fingerprint density at radius 1 is 1.41 bits per heavy atom. The lowest BCUT2D eigenvalue weighted by Gasteiger charge is -2.40. The summed E-state index contributed by atoms with van der Waals surface area (Å²) in [5.74, 6) is 1.03. The monoisotopic (exact) mass is 371 g/mol. The Bertz CT molecular complexity index is 830. The molecule has 2 aromatic rings. The highest BCUT2D eigenvalue weighted by molar-refractivity contribution is 5.54. The van der Waals surface area contributed by atoms with E-state index in [1.807, 2.05) is 24.0 Å². The first-order chi connectivity index (χ1) is 12.9. The summed E-state index contributed by atoms with van der Waals surface area (Å²) < 4.78 is 1.86. The van der Waals surface area contributed by atoms with Crippen LogP contribution in [0.1, 0.15) is 45.7 Å². The molecule has 1 aliphatic rings. The van der Waals surface area contributed by atoms with Gasteiger partial charge in [-0.2, -0.15) is 15.3 Å². The molecule has 0 radical (unpaired) electrons. The Balaban J connectivity index is 0.00000280. The summed E-state index contributed by atoms with van der Waals surface area (Å²) in [6.07, 6.45) is 7.46. The molecule has 8 heteroatoms. The average Bonchev–Trinajstić information content (AvgIpc) is 3.03. The average molecular weight is 371 g/mol. The first kappa shape index (κ1) is 19.1. The van der Waals surface area contributed by atoms with Gasteiger partial charge >= 0.3 is 0 Å². The van der Waals surface area contributed by atoms with Crippen molar-refractivity contribution < 1.29 is 6.53 Å².